The molecule has 1 aliphatic carbocycles. The van der Waals surface area contributed by atoms with E-state index in [-0.39, 0.29) is 33.5 Å². The second kappa shape index (κ2) is 6.50. The van der Waals surface area contributed by atoms with Crippen LogP contribution in [0.5, 0.6) is 0 Å². The molecule has 4 nitrogen and oxygen atoms in total. The largest absolute Gasteiger partial charge is 0.393 e. The van der Waals surface area contributed by atoms with E-state index < -0.39 is 10.0 Å². The van der Waals surface area contributed by atoms with E-state index in [2.05, 4.69) is 20.7 Å². The number of halogens is 3. The molecule has 1 saturated carbocycles. The van der Waals surface area contributed by atoms with E-state index in [1.165, 1.54) is 12.1 Å². The molecule has 1 fully saturated rings. The molecule has 2 unspecified atom stereocenters. The third-order valence-corrected chi connectivity index (χ3v) is 6.11. The van der Waals surface area contributed by atoms with Crippen molar-refractivity contribution in [3.63, 3.8) is 0 Å². The molecule has 1 aromatic rings. The summed E-state index contributed by atoms with van der Waals surface area (Å²) in [6.07, 6.45) is 1.81. The fourth-order valence-electron chi connectivity index (χ4n) is 2.32. The molecule has 0 radical (unpaired) electrons. The first-order valence-electron chi connectivity index (χ1n) is 6.12. The van der Waals surface area contributed by atoms with Crippen LogP contribution in [0.1, 0.15) is 19.3 Å². The van der Waals surface area contributed by atoms with Crippen molar-refractivity contribution in [1.82, 2.24) is 4.72 Å². The average molecular weight is 403 g/mol. The number of nitrogens with one attached hydrogen (secondary N) is 1. The first kappa shape index (κ1) is 16.5. The molecule has 0 amide bonds. The molecule has 2 N–H and O–H groups in total. The van der Waals surface area contributed by atoms with E-state index in [4.69, 9.17) is 23.2 Å². The van der Waals surface area contributed by atoms with Gasteiger partial charge in [-0.15, -0.1) is 0 Å². The predicted molar refractivity (Wildman–Crippen MR) is 82.7 cm³/mol. The number of rotatable bonds is 4. The van der Waals surface area contributed by atoms with E-state index in [1.54, 1.807) is 0 Å². The van der Waals surface area contributed by atoms with E-state index >= 15 is 0 Å². The van der Waals surface area contributed by atoms with Crippen molar-refractivity contribution in [3.8, 4) is 0 Å². The highest BCUT2D eigenvalue weighted by molar-refractivity contribution is 9.10. The minimum Gasteiger partial charge on any atom is -0.393 e. The van der Waals surface area contributed by atoms with Gasteiger partial charge in [-0.2, -0.15) is 0 Å². The average Bonchev–Trinajstić information content (AvgIpc) is 2.71. The van der Waals surface area contributed by atoms with Crippen LogP contribution in [0.2, 0.25) is 10.0 Å². The van der Waals surface area contributed by atoms with Crippen molar-refractivity contribution in [1.29, 1.82) is 0 Å². The molecule has 8 heteroatoms. The lowest BCUT2D eigenvalue weighted by Crippen LogP contribution is -2.29. The Morgan fingerprint density at radius 1 is 1.30 bits per heavy atom. The van der Waals surface area contributed by atoms with Gasteiger partial charge in [-0.1, -0.05) is 39.1 Å². The van der Waals surface area contributed by atoms with Crippen molar-refractivity contribution in [2.24, 2.45) is 5.92 Å². The summed E-state index contributed by atoms with van der Waals surface area (Å²) in [6, 6.07) is 2.97. The Morgan fingerprint density at radius 2 is 1.90 bits per heavy atom. The van der Waals surface area contributed by atoms with E-state index in [0.29, 0.717) is 17.3 Å². The van der Waals surface area contributed by atoms with Gasteiger partial charge in [0.25, 0.3) is 0 Å². The molecule has 20 heavy (non-hydrogen) atoms. The Kier molecular flexibility index (Phi) is 5.37. The molecule has 0 saturated heterocycles. The zero-order valence-electron chi connectivity index (χ0n) is 10.4. The van der Waals surface area contributed by atoms with Gasteiger partial charge in [-0.05, 0) is 37.3 Å². The topological polar surface area (TPSA) is 66.4 Å². The Balaban J connectivity index is 2.15. The maximum atomic E-state index is 12.3. The summed E-state index contributed by atoms with van der Waals surface area (Å²) < 4.78 is 27.7. The Labute approximate surface area is 136 Å². The van der Waals surface area contributed by atoms with Gasteiger partial charge in [0.05, 0.1) is 16.1 Å². The maximum Gasteiger partial charge on any atom is 0.243 e. The molecular weight excluding hydrogens is 389 g/mol. The number of sulfonamides is 1. The Morgan fingerprint density at radius 3 is 2.40 bits per heavy atom. The molecule has 1 aromatic carbocycles. The van der Waals surface area contributed by atoms with Crippen LogP contribution in [0.15, 0.2) is 21.5 Å². The van der Waals surface area contributed by atoms with Gasteiger partial charge in [0.1, 0.15) is 4.90 Å². The van der Waals surface area contributed by atoms with Crippen molar-refractivity contribution < 1.29 is 13.5 Å². The van der Waals surface area contributed by atoms with Crippen LogP contribution < -0.4 is 4.72 Å². The molecule has 2 rings (SSSR count). The van der Waals surface area contributed by atoms with Crippen LogP contribution in [-0.2, 0) is 10.0 Å². The molecule has 112 valence electrons. The standard InChI is InChI=1S/C12H14BrCl2NO3S/c13-8-4-10(14)12(11(15)5-8)20(18,19)16-6-7-1-2-9(17)3-7/h4-5,7,9,16-17H,1-3,6H2. The lowest BCUT2D eigenvalue weighted by atomic mass is 10.1. The fourth-order valence-corrected chi connectivity index (χ4v) is 5.37. The minimum absolute atomic E-state index is 0.0725. The highest BCUT2D eigenvalue weighted by Gasteiger charge is 2.27. The number of hydrogen-bond donors (Lipinski definition) is 2. The minimum atomic E-state index is -3.76. The number of aliphatic hydroxyl groups is 1. The van der Waals surface area contributed by atoms with Crippen LogP contribution >= 0.6 is 39.1 Å². The van der Waals surface area contributed by atoms with Gasteiger partial charge >= 0.3 is 0 Å². The summed E-state index contributed by atoms with van der Waals surface area (Å²) in [5, 5.41) is 9.59. The van der Waals surface area contributed by atoms with Crippen LogP contribution in [0, 0.1) is 5.92 Å². The predicted octanol–water partition coefficient (Wildman–Crippen LogP) is 3.20. The maximum absolute atomic E-state index is 12.3. The SMILES string of the molecule is O=S(=O)(NCC1CCC(O)C1)c1c(Cl)cc(Br)cc1Cl. The van der Waals surface area contributed by atoms with Gasteiger partial charge in [0.2, 0.25) is 10.0 Å². The van der Waals surface area contributed by atoms with Crippen LogP contribution in [-0.4, -0.2) is 26.2 Å². The highest BCUT2D eigenvalue weighted by atomic mass is 79.9. The first-order valence-corrected chi connectivity index (χ1v) is 9.15. The molecule has 0 heterocycles. The molecule has 0 bridgehead atoms. The normalized spacial score (nSPS) is 23.2. The Hall–Kier alpha value is 0.150. The smallest absolute Gasteiger partial charge is 0.243 e. The third kappa shape index (κ3) is 3.87. The van der Waals surface area contributed by atoms with Crippen molar-refractivity contribution in [2.75, 3.05) is 6.54 Å². The second-order valence-corrected chi connectivity index (χ2v) is 8.32. The molecule has 0 aliphatic heterocycles. The summed E-state index contributed by atoms with van der Waals surface area (Å²) in [5.41, 5.74) is 0. The third-order valence-electron chi connectivity index (χ3n) is 3.31. The van der Waals surface area contributed by atoms with Gasteiger partial charge < -0.3 is 5.11 Å². The summed E-state index contributed by atoms with van der Waals surface area (Å²) in [4.78, 5) is -0.109. The quantitative estimate of drug-likeness (QED) is 0.812. The van der Waals surface area contributed by atoms with Gasteiger partial charge in [-0.3, -0.25) is 0 Å². The van der Waals surface area contributed by atoms with Crippen LogP contribution in [0.3, 0.4) is 0 Å². The van der Waals surface area contributed by atoms with Gasteiger partial charge in [0.15, 0.2) is 0 Å². The van der Waals surface area contributed by atoms with Crippen LogP contribution in [0.25, 0.3) is 0 Å². The second-order valence-electron chi connectivity index (χ2n) is 4.88. The zero-order valence-corrected chi connectivity index (χ0v) is 14.4. The Bertz CT molecular complexity index is 586. The molecule has 0 spiro atoms. The van der Waals surface area contributed by atoms with Crippen molar-refractivity contribution in [3.05, 3.63) is 26.7 Å². The van der Waals surface area contributed by atoms with Gasteiger partial charge in [-0.25, -0.2) is 13.1 Å². The van der Waals surface area contributed by atoms with Crippen LogP contribution in [0.4, 0.5) is 0 Å². The summed E-state index contributed by atoms with van der Waals surface area (Å²) in [5.74, 6) is 0.146. The lowest BCUT2D eigenvalue weighted by Gasteiger charge is -2.13. The summed E-state index contributed by atoms with van der Waals surface area (Å²) in [6.45, 7) is 0.280. The molecular formula is C12H14BrCl2NO3S. The van der Waals surface area contributed by atoms with E-state index in [9.17, 15) is 13.5 Å². The lowest BCUT2D eigenvalue weighted by molar-refractivity contribution is 0.178. The molecule has 1 aliphatic rings. The highest BCUT2D eigenvalue weighted by Crippen LogP contribution is 2.33. The first-order chi connectivity index (χ1) is 9.29. The van der Waals surface area contributed by atoms with Crippen molar-refractivity contribution in [2.45, 2.75) is 30.3 Å². The summed E-state index contributed by atoms with van der Waals surface area (Å²) in [7, 11) is -3.76. The fraction of sp³-hybridized carbons (Fsp3) is 0.500. The number of benzene rings is 1. The van der Waals surface area contributed by atoms with Crippen molar-refractivity contribution >= 4 is 49.2 Å². The number of hydrogen-bond acceptors (Lipinski definition) is 3. The zero-order chi connectivity index (χ0) is 14.9. The van der Waals surface area contributed by atoms with E-state index in [1.807, 2.05) is 0 Å². The number of aliphatic hydroxyl groups excluding tert-OH is 1. The summed E-state index contributed by atoms with van der Waals surface area (Å²) >= 11 is 15.1. The van der Waals surface area contributed by atoms with E-state index in [0.717, 1.165) is 6.42 Å². The molecule has 0 aromatic heterocycles. The molecule has 2 atom stereocenters. The van der Waals surface area contributed by atoms with Gasteiger partial charge in [0, 0.05) is 11.0 Å². The monoisotopic (exact) mass is 401 g/mol.